The van der Waals surface area contributed by atoms with Crippen LogP contribution in [0.2, 0.25) is 0 Å². The number of unbranched alkanes of at least 4 members (excludes halogenated alkanes) is 3. The Labute approximate surface area is 162 Å². The monoisotopic (exact) mass is 372 g/mol. The van der Waals surface area contributed by atoms with E-state index >= 15 is 0 Å². The maximum Gasteiger partial charge on any atom is 0.311 e. The molecule has 2 aromatic rings. The van der Waals surface area contributed by atoms with Crippen LogP contribution in [0.15, 0.2) is 48.5 Å². The van der Waals surface area contributed by atoms with Gasteiger partial charge < -0.3 is 10.5 Å². The Kier molecular flexibility index (Phi) is 11.5. The average Bonchev–Trinajstić information content (AvgIpc) is 2.69. The van der Waals surface area contributed by atoms with Crippen molar-refractivity contribution in [3.05, 3.63) is 69.8 Å². The van der Waals surface area contributed by atoms with Crippen LogP contribution in [-0.2, 0) is 13.0 Å². The van der Waals surface area contributed by atoms with E-state index in [1.165, 1.54) is 12.8 Å². The Hall–Kier alpha value is -2.40. The van der Waals surface area contributed by atoms with Crippen LogP contribution >= 0.6 is 0 Å². The van der Waals surface area contributed by atoms with Gasteiger partial charge in [0, 0.05) is 6.07 Å². The molecule has 2 N–H and O–H groups in total. The van der Waals surface area contributed by atoms with Gasteiger partial charge in [-0.3, -0.25) is 10.1 Å². The second-order valence-corrected chi connectivity index (χ2v) is 6.43. The van der Waals surface area contributed by atoms with Crippen LogP contribution < -0.4 is 10.5 Å². The molecular formula is C22H32N2O3. The predicted molar refractivity (Wildman–Crippen MR) is 111 cm³/mol. The highest BCUT2D eigenvalue weighted by molar-refractivity contribution is 5.48. The molecular weight excluding hydrogens is 340 g/mol. The van der Waals surface area contributed by atoms with E-state index in [1.54, 1.807) is 12.1 Å². The standard InChI is InChI=1S/C18H21NO3.C4H11N/c1-2-3-5-8-15-11-12-18(17(13-15)19(20)21)22-14-16-9-6-4-7-10-16;1-2-3-4-5/h4,6-7,9-13H,2-3,5,8,14H2,1H3;2-5H2,1H3. The van der Waals surface area contributed by atoms with Gasteiger partial charge in [-0.1, -0.05) is 69.5 Å². The molecule has 0 bridgehead atoms. The summed E-state index contributed by atoms with van der Waals surface area (Å²) in [5.41, 5.74) is 7.17. The lowest BCUT2D eigenvalue weighted by molar-refractivity contribution is -0.386. The van der Waals surface area contributed by atoms with Crippen LogP contribution in [-0.4, -0.2) is 11.5 Å². The number of nitro groups is 1. The van der Waals surface area contributed by atoms with Crippen molar-refractivity contribution in [3.63, 3.8) is 0 Å². The Morgan fingerprint density at radius 1 is 0.963 bits per heavy atom. The number of hydrogen-bond acceptors (Lipinski definition) is 4. The van der Waals surface area contributed by atoms with Crippen LogP contribution in [0.25, 0.3) is 0 Å². The summed E-state index contributed by atoms with van der Waals surface area (Å²) in [4.78, 5) is 10.9. The number of benzene rings is 2. The molecule has 5 nitrogen and oxygen atoms in total. The molecule has 0 atom stereocenters. The summed E-state index contributed by atoms with van der Waals surface area (Å²) in [5, 5.41) is 11.2. The fourth-order valence-electron chi connectivity index (χ4n) is 2.50. The van der Waals surface area contributed by atoms with Crippen LogP contribution in [0.4, 0.5) is 5.69 Å². The molecule has 0 aromatic heterocycles. The van der Waals surface area contributed by atoms with Crippen molar-refractivity contribution in [2.45, 2.75) is 59.0 Å². The zero-order valence-electron chi connectivity index (χ0n) is 16.5. The van der Waals surface area contributed by atoms with E-state index in [2.05, 4.69) is 13.8 Å². The molecule has 0 amide bonds. The lowest BCUT2D eigenvalue weighted by Crippen LogP contribution is -2.00. The number of nitrogens with two attached hydrogens (primary N) is 1. The Bertz CT molecular complexity index is 658. The lowest BCUT2D eigenvalue weighted by atomic mass is 10.1. The van der Waals surface area contributed by atoms with Gasteiger partial charge in [-0.25, -0.2) is 0 Å². The number of nitrogens with zero attached hydrogens (tertiary/aromatic N) is 1. The summed E-state index contributed by atoms with van der Waals surface area (Å²) in [5.74, 6) is 0.327. The van der Waals surface area contributed by atoms with E-state index in [-0.39, 0.29) is 10.6 Å². The fourth-order valence-corrected chi connectivity index (χ4v) is 2.50. The third-order valence-electron chi connectivity index (χ3n) is 4.08. The maximum absolute atomic E-state index is 11.2. The second kappa shape index (κ2) is 13.8. The third kappa shape index (κ3) is 9.20. The van der Waals surface area contributed by atoms with Crippen LogP contribution in [0.5, 0.6) is 5.75 Å². The van der Waals surface area contributed by atoms with Gasteiger partial charge in [0.25, 0.3) is 0 Å². The van der Waals surface area contributed by atoms with Crippen LogP contribution in [0.3, 0.4) is 0 Å². The molecule has 0 unspecified atom stereocenters. The largest absolute Gasteiger partial charge is 0.482 e. The Balaban J connectivity index is 0.000000646. The molecule has 0 saturated heterocycles. The first-order valence-corrected chi connectivity index (χ1v) is 9.76. The van der Waals surface area contributed by atoms with Gasteiger partial charge in [0.15, 0.2) is 5.75 Å². The molecule has 0 aliphatic heterocycles. The molecule has 0 fully saturated rings. The van der Waals surface area contributed by atoms with Crippen molar-refractivity contribution in [2.24, 2.45) is 5.73 Å². The highest BCUT2D eigenvalue weighted by Crippen LogP contribution is 2.29. The number of rotatable bonds is 10. The van der Waals surface area contributed by atoms with Crippen molar-refractivity contribution in [2.75, 3.05) is 6.54 Å². The third-order valence-corrected chi connectivity index (χ3v) is 4.08. The van der Waals surface area contributed by atoms with Crippen molar-refractivity contribution in [3.8, 4) is 5.75 Å². The average molecular weight is 373 g/mol. The summed E-state index contributed by atoms with van der Waals surface area (Å²) in [6, 6.07) is 14.9. The van der Waals surface area contributed by atoms with Gasteiger partial charge >= 0.3 is 5.69 Å². The molecule has 27 heavy (non-hydrogen) atoms. The van der Waals surface area contributed by atoms with E-state index in [1.807, 2.05) is 36.4 Å². The number of hydrogen-bond donors (Lipinski definition) is 1. The van der Waals surface area contributed by atoms with E-state index in [0.717, 1.165) is 43.4 Å². The topological polar surface area (TPSA) is 78.4 Å². The molecule has 148 valence electrons. The SMILES string of the molecule is CCCCCc1ccc(OCc2ccccc2)c([N+](=O)[O-])c1.CCCCN. The number of aryl methyl sites for hydroxylation is 1. The fraction of sp³-hybridized carbons (Fsp3) is 0.455. The minimum absolute atomic E-state index is 0.0462. The second-order valence-electron chi connectivity index (χ2n) is 6.43. The molecule has 0 saturated carbocycles. The zero-order valence-corrected chi connectivity index (χ0v) is 16.5. The molecule has 5 heteroatoms. The van der Waals surface area contributed by atoms with Gasteiger partial charge in [-0.2, -0.15) is 0 Å². The van der Waals surface area contributed by atoms with E-state index in [4.69, 9.17) is 10.5 Å². The van der Waals surface area contributed by atoms with Crippen LogP contribution in [0, 0.1) is 10.1 Å². The minimum atomic E-state index is -0.371. The number of ether oxygens (including phenoxy) is 1. The molecule has 0 aliphatic rings. The van der Waals surface area contributed by atoms with E-state index < -0.39 is 0 Å². The smallest absolute Gasteiger partial charge is 0.311 e. The number of nitro benzene ring substituents is 1. The summed E-state index contributed by atoms with van der Waals surface area (Å²) in [7, 11) is 0. The van der Waals surface area contributed by atoms with Gasteiger partial charge in [-0.05, 0) is 43.0 Å². The van der Waals surface area contributed by atoms with Crippen LogP contribution in [0.1, 0.15) is 57.1 Å². The zero-order chi connectivity index (χ0) is 19.9. The predicted octanol–water partition coefficient (Wildman–Crippen LogP) is 5.65. The molecule has 0 spiro atoms. The van der Waals surface area contributed by atoms with E-state index in [0.29, 0.717) is 12.4 Å². The Morgan fingerprint density at radius 2 is 1.67 bits per heavy atom. The van der Waals surface area contributed by atoms with Gasteiger partial charge in [0.05, 0.1) is 4.92 Å². The molecule has 2 rings (SSSR count). The van der Waals surface area contributed by atoms with Gasteiger partial charge in [-0.15, -0.1) is 0 Å². The molecule has 0 radical (unpaired) electrons. The summed E-state index contributed by atoms with van der Waals surface area (Å²) in [6.07, 6.45) is 6.59. The first-order valence-electron chi connectivity index (χ1n) is 9.76. The Morgan fingerprint density at radius 3 is 2.22 bits per heavy atom. The van der Waals surface area contributed by atoms with Gasteiger partial charge in [0.1, 0.15) is 6.61 Å². The van der Waals surface area contributed by atoms with Crippen molar-refractivity contribution >= 4 is 5.69 Å². The molecule has 0 aliphatic carbocycles. The quantitative estimate of drug-likeness (QED) is 0.332. The first-order chi connectivity index (χ1) is 13.1. The van der Waals surface area contributed by atoms with E-state index in [9.17, 15) is 10.1 Å². The highest BCUT2D eigenvalue weighted by Gasteiger charge is 2.16. The molecule has 0 heterocycles. The summed E-state index contributed by atoms with van der Waals surface area (Å²) < 4.78 is 5.62. The van der Waals surface area contributed by atoms with Crippen molar-refractivity contribution in [1.29, 1.82) is 0 Å². The maximum atomic E-state index is 11.2. The highest BCUT2D eigenvalue weighted by atomic mass is 16.6. The first kappa shape index (κ1) is 22.6. The van der Waals surface area contributed by atoms with Crippen molar-refractivity contribution in [1.82, 2.24) is 0 Å². The summed E-state index contributed by atoms with van der Waals surface area (Å²) >= 11 is 0. The minimum Gasteiger partial charge on any atom is -0.482 e. The normalized spacial score (nSPS) is 10.0. The van der Waals surface area contributed by atoms with Crippen molar-refractivity contribution < 1.29 is 9.66 Å². The summed E-state index contributed by atoms with van der Waals surface area (Å²) in [6.45, 7) is 5.45. The lowest BCUT2D eigenvalue weighted by Gasteiger charge is -2.08. The molecule has 2 aromatic carbocycles. The van der Waals surface area contributed by atoms with Gasteiger partial charge in [0.2, 0.25) is 0 Å².